The maximum atomic E-state index is 12.0. The van der Waals surface area contributed by atoms with E-state index in [-0.39, 0.29) is 11.2 Å². The zero-order valence-electron chi connectivity index (χ0n) is 20.9. The van der Waals surface area contributed by atoms with Crippen LogP contribution in [0, 0.1) is 0 Å². The van der Waals surface area contributed by atoms with E-state index in [1.165, 1.54) is 13.8 Å². The molecule has 0 aliphatic heterocycles. The molecule has 192 valence electrons. The molecule has 6 nitrogen and oxygen atoms in total. The van der Waals surface area contributed by atoms with Gasteiger partial charge in [0.15, 0.2) is 6.10 Å². The number of esters is 2. The van der Waals surface area contributed by atoms with Crippen LogP contribution in [0.3, 0.4) is 0 Å². The zero-order chi connectivity index (χ0) is 25.5. The predicted molar refractivity (Wildman–Crippen MR) is 142 cm³/mol. The van der Waals surface area contributed by atoms with Gasteiger partial charge in [0, 0.05) is 13.8 Å². The number of carbonyl (C=O) groups is 2. The van der Waals surface area contributed by atoms with E-state index in [0.717, 1.165) is 22.6 Å². The second kappa shape index (κ2) is 16.6. The lowest BCUT2D eigenvalue weighted by Crippen LogP contribution is -2.49. The molecule has 0 spiro atoms. The van der Waals surface area contributed by atoms with Gasteiger partial charge in [0.1, 0.15) is 18.8 Å². The zero-order valence-corrected chi connectivity index (χ0v) is 22.5. The summed E-state index contributed by atoms with van der Waals surface area (Å²) in [6.45, 7) is 7.44. The first kappa shape index (κ1) is 29.2. The van der Waals surface area contributed by atoms with E-state index in [0.29, 0.717) is 13.2 Å². The minimum atomic E-state index is -0.821. The van der Waals surface area contributed by atoms with Crippen LogP contribution in [0.2, 0.25) is 0 Å². The summed E-state index contributed by atoms with van der Waals surface area (Å²) in [5, 5.41) is 0. The quantitative estimate of drug-likeness (QED) is 0.213. The van der Waals surface area contributed by atoms with E-state index in [1.54, 1.807) is 23.5 Å². The summed E-state index contributed by atoms with van der Waals surface area (Å²) < 4.78 is 23.9. The van der Waals surface area contributed by atoms with Gasteiger partial charge in [-0.2, -0.15) is 0 Å². The highest BCUT2D eigenvalue weighted by Gasteiger charge is 2.39. The molecule has 0 amide bonds. The second-order valence-corrected chi connectivity index (χ2v) is 10.9. The number of hydrogen-bond acceptors (Lipinski definition) is 8. The molecule has 0 aliphatic carbocycles. The van der Waals surface area contributed by atoms with Crippen LogP contribution in [0.25, 0.3) is 0 Å². The Labute approximate surface area is 217 Å². The molecule has 2 aromatic rings. The van der Waals surface area contributed by atoms with Crippen molar-refractivity contribution in [1.82, 2.24) is 0 Å². The number of rotatable bonds is 16. The molecule has 0 bridgehead atoms. The van der Waals surface area contributed by atoms with E-state index in [1.807, 2.05) is 60.7 Å². The van der Waals surface area contributed by atoms with Crippen LogP contribution in [-0.4, -0.2) is 52.9 Å². The third-order valence-corrected chi connectivity index (χ3v) is 7.64. The van der Waals surface area contributed by atoms with Crippen molar-refractivity contribution in [1.29, 1.82) is 0 Å². The Morgan fingerprint density at radius 2 is 1.23 bits per heavy atom. The van der Waals surface area contributed by atoms with Gasteiger partial charge >= 0.3 is 11.9 Å². The molecule has 0 aromatic heterocycles. The summed E-state index contributed by atoms with van der Waals surface area (Å²) in [5.74, 6) is 0.848. The molecule has 2 aromatic carbocycles. The molecule has 0 unspecified atom stereocenters. The van der Waals surface area contributed by atoms with E-state index < -0.39 is 30.3 Å². The first-order valence-electron chi connectivity index (χ1n) is 11.8. The summed E-state index contributed by atoms with van der Waals surface area (Å²) in [6.07, 6.45) is -1.92. The molecule has 8 heteroatoms. The van der Waals surface area contributed by atoms with Crippen molar-refractivity contribution in [2.24, 2.45) is 0 Å². The highest BCUT2D eigenvalue weighted by molar-refractivity contribution is 8.17. The van der Waals surface area contributed by atoms with Crippen LogP contribution in [-0.2, 0) is 41.8 Å². The van der Waals surface area contributed by atoms with Crippen molar-refractivity contribution in [3.63, 3.8) is 0 Å². The van der Waals surface area contributed by atoms with Gasteiger partial charge in [-0.05, 0) is 22.6 Å². The summed E-state index contributed by atoms with van der Waals surface area (Å²) >= 11 is 3.53. The van der Waals surface area contributed by atoms with Crippen molar-refractivity contribution in [2.45, 2.75) is 63.8 Å². The predicted octanol–water partition coefficient (Wildman–Crippen LogP) is 5.48. The van der Waals surface area contributed by atoms with Gasteiger partial charge in [0.05, 0.1) is 17.8 Å². The van der Waals surface area contributed by atoms with Crippen LogP contribution < -0.4 is 0 Å². The van der Waals surface area contributed by atoms with Crippen LogP contribution >= 0.6 is 23.5 Å². The minimum Gasteiger partial charge on any atom is -0.462 e. The van der Waals surface area contributed by atoms with E-state index >= 15 is 0 Å². The number of ether oxygens (including phenoxy) is 4. The molecule has 0 radical (unpaired) electrons. The first-order valence-corrected chi connectivity index (χ1v) is 13.9. The lowest BCUT2D eigenvalue weighted by Gasteiger charge is -2.36. The Balaban J connectivity index is 2.40. The van der Waals surface area contributed by atoms with Crippen LogP contribution in [0.15, 0.2) is 60.7 Å². The van der Waals surface area contributed by atoms with Gasteiger partial charge in [-0.15, -0.1) is 23.5 Å². The summed E-state index contributed by atoms with van der Waals surface area (Å²) in [4.78, 5) is 23.6. The topological polar surface area (TPSA) is 71.1 Å². The van der Waals surface area contributed by atoms with Crippen molar-refractivity contribution in [3.8, 4) is 0 Å². The van der Waals surface area contributed by atoms with Gasteiger partial charge in [0.25, 0.3) is 0 Å². The molecule has 0 saturated carbocycles. The Kier molecular flexibility index (Phi) is 13.9. The Morgan fingerprint density at radius 3 is 1.66 bits per heavy atom. The molecule has 35 heavy (non-hydrogen) atoms. The van der Waals surface area contributed by atoms with Gasteiger partial charge < -0.3 is 18.9 Å². The van der Waals surface area contributed by atoms with Crippen molar-refractivity contribution >= 4 is 35.5 Å². The number of thioether (sulfide) groups is 2. The molecule has 0 fully saturated rings. The Morgan fingerprint density at radius 1 is 0.743 bits per heavy atom. The van der Waals surface area contributed by atoms with Gasteiger partial charge in [-0.25, -0.2) is 0 Å². The average molecular weight is 521 g/mol. The molecule has 0 saturated heterocycles. The maximum absolute atomic E-state index is 12.0. The molecule has 0 heterocycles. The van der Waals surface area contributed by atoms with Crippen molar-refractivity contribution in [3.05, 3.63) is 71.8 Å². The fourth-order valence-electron chi connectivity index (χ4n) is 3.45. The monoisotopic (exact) mass is 520 g/mol. The maximum Gasteiger partial charge on any atom is 0.303 e. The lowest BCUT2D eigenvalue weighted by atomic mass is 10.1. The number of benzene rings is 2. The second-order valence-electron chi connectivity index (χ2n) is 7.75. The molecular weight excluding hydrogens is 484 g/mol. The third kappa shape index (κ3) is 11.1. The van der Waals surface area contributed by atoms with Crippen molar-refractivity contribution < 1.29 is 28.5 Å². The minimum absolute atomic E-state index is 0.0184. The molecule has 3 atom stereocenters. The Bertz CT molecular complexity index is 858. The van der Waals surface area contributed by atoms with Crippen LogP contribution in [0.4, 0.5) is 0 Å². The van der Waals surface area contributed by atoms with Crippen molar-refractivity contribution in [2.75, 3.05) is 18.1 Å². The lowest BCUT2D eigenvalue weighted by molar-refractivity contribution is -0.180. The van der Waals surface area contributed by atoms with Crippen LogP contribution in [0.5, 0.6) is 0 Å². The van der Waals surface area contributed by atoms with Gasteiger partial charge in [-0.3, -0.25) is 9.59 Å². The highest BCUT2D eigenvalue weighted by Crippen LogP contribution is 2.33. The molecular formula is C27H36O6S2. The fourth-order valence-corrected chi connectivity index (χ4v) is 6.15. The molecule has 0 aliphatic rings. The Hall–Kier alpha value is -2.00. The molecule has 2 rings (SSSR count). The number of hydrogen-bond donors (Lipinski definition) is 0. The van der Waals surface area contributed by atoms with Crippen LogP contribution in [0.1, 0.15) is 38.8 Å². The largest absolute Gasteiger partial charge is 0.462 e. The first-order chi connectivity index (χ1) is 16.9. The van der Waals surface area contributed by atoms with E-state index in [2.05, 4.69) is 13.8 Å². The average Bonchev–Trinajstić information content (AvgIpc) is 2.85. The summed E-state index contributed by atoms with van der Waals surface area (Å²) in [6, 6.07) is 19.7. The smallest absolute Gasteiger partial charge is 0.303 e. The SMILES string of the molecule is CCSC(SCC)[C@H](OCc1ccccc1)[C@H](OCc1ccccc1)[C@@H](COC(C)=O)OC(C)=O. The number of carbonyl (C=O) groups excluding carboxylic acids is 2. The summed E-state index contributed by atoms with van der Waals surface area (Å²) in [7, 11) is 0. The molecule has 0 N–H and O–H groups in total. The highest BCUT2D eigenvalue weighted by atomic mass is 32.2. The van der Waals surface area contributed by atoms with E-state index in [4.69, 9.17) is 18.9 Å². The van der Waals surface area contributed by atoms with Gasteiger partial charge in [0.2, 0.25) is 0 Å². The third-order valence-electron chi connectivity index (χ3n) is 4.96. The van der Waals surface area contributed by atoms with Gasteiger partial charge in [-0.1, -0.05) is 74.5 Å². The summed E-state index contributed by atoms with van der Waals surface area (Å²) in [5.41, 5.74) is 2.02. The standard InChI is InChI=1S/C27H36O6S2/c1-5-34-27(35-6-2)26(32-18-23-15-11-8-12-16-23)25(31-17-22-13-9-7-10-14-22)24(33-21(4)29)19-30-20(3)28/h7-16,24-27H,5-6,17-19H2,1-4H3/t24-,25-,26-/m1/s1. The normalized spacial score (nSPS) is 13.7. The fraction of sp³-hybridized carbons (Fsp3) is 0.481. The van der Waals surface area contributed by atoms with E-state index in [9.17, 15) is 9.59 Å².